The van der Waals surface area contributed by atoms with Gasteiger partial charge in [-0.3, -0.25) is 9.80 Å². The van der Waals surface area contributed by atoms with Crippen LogP contribution < -0.4 is 10.6 Å². The number of rotatable bonds is 3. The lowest BCUT2D eigenvalue weighted by Crippen LogP contribution is -2.59. The Morgan fingerprint density at radius 3 is 2.67 bits per heavy atom. The molecular weight excluding hydrogens is 192 g/mol. The predicted molar refractivity (Wildman–Crippen MR) is 58.8 cm³/mol. The highest BCUT2D eigenvalue weighted by Gasteiger charge is 2.24. The lowest BCUT2D eigenvalue weighted by atomic mass is 10.2. The number of hydrogen-bond acceptors (Lipinski definition) is 4. The lowest BCUT2D eigenvalue weighted by molar-refractivity contribution is 0.0640. The summed E-state index contributed by atoms with van der Waals surface area (Å²) < 4.78 is 0. The van der Waals surface area contributed by atoms with Gasteiger partial charge in [0.15, 0.2) is 0 Å². The number of aliphatic hydroxyl groups is 1. The zero-order chi connectivity index (χ0) is 10.5. The molecule has 5 nitrogen and oxygen atoms in total. The maximum absolute atomic E-state index is 8.85. The van der Waals surface area contributed by atoms with E-state index in [1.807, 2.05) is 0 Å². The van der Waals surface area contributed by atoms with E-state index in [9.17, 15) is 0 Å². The van der Waals surface area contributed by atoms with Gasteiger partial charge >= 0.3 is 0 Å². The monoisotopic (exact) mass is 213 g/mol. The average Bonchev–Trinajstić information content (AvgIpc) is 2.32. The molecule has 2 aliphatic rings. The Labute approximate surface area is 91.4 Å². The number of piperazine rings is 2. The number of β-amino-alcohol motifs (C(OH)–C–C–N with tert-alkyl or cyclic N) is 1. The SMILES string of the molecule is OCCN1CCN(C2CNCC[N]2)CC1. The minimum atomic E-state index is 0.273. The molecule has 0 aromatic carbocycles. The molecular formula is C10H21N4O. The van der Waals surface area contributed by atoms with Crippen LogP contribution in [0.1, 0.15) is 0 Å². The van der Waals surface area contributed by atoms with Crippen molar-refractivity contribution >= 4 is 0 Å². The first-order chi connectivity index (χ1) is 7.40. The van der Waals surface area contributed by atoms with Gasteiger partial charge in [0.05, 0.1) is 12.8 Å². The fourth-order valence-electron chi connectivity index (χ4n) is 2.26. The van der Waals surface area contributed by atoms with Gasteiger partial charge in [0.1, 0.15) is 0 Å². The van der Waals surface area contributed by atoms with E-state index in [1.165, 1.54) is 0 Å². The summed E-state index contributed by atoms with van der Waals surface area (Å²) in [6.45, 7) is 8.34. The molecule has 2 N–H and O–H groups in total. The van der Waals surface area contributed by atoms with E-state index in [2.05, 4.69) is 20.4 Å². The van der Waals surface area contributed by atoms with Crippen LogP contribution in [0.4, 0.5) is 0 Å². The molecule has 2 fully saturated rings. The maximum Gasteiger partial charge on any atom is 0.0888 e. The molecule has 0 saturated carbocycles. The van der Waals surface area contributed by atoms with Crippen molar-refractivity contribution < 1.29 is 5.11 Å². The van der Waals surface area contributed by atoms with Gasteiger partial charge in [0.25, 0.3) is 0 Å². The van der Waals surface area contributed by atoms with Gasteiger partial charge in [-0.25, -0.2) is 5.32 Å². The molecule has 1 unspecified atom stereocenters. The van der Waals surface area contributed by atoms with Crippen LogP contribution in [0.25, 0.3) is 0 Å². The first-order valence-electron chi connectivity index (χ1n) is 5.85. The van der Waals surface area contributed by atoms with E-state index >= 15 is 0 Å². The standard InChI is InChI=1S/C10H21N4O/c15-8-7-13-3-5-14(6-4-13)10-9-11-1-2-12-10/h10-11,15H,1-9H2. The molecule has 0 aromatic heterocycles. The van der Waals surface area contributed by atoms with Crippen molar-refractivity contribution in [3.8, 4) is 0 Å². The van der Waals surface area contributed by atoms with E-state index in [-0.39, 0.29) is 6.61 Å². The van der Waals surface area contributed by atoms with E-state index in [0.717, 1.165) is 52.4 Å². The third-order valence-electron chi connectivity index (χ3n) is 3.20. The van der Waals surface area contributed by atoms with Gasteiger partial charge < -0.3 is 10.4 Å². The highest BCUT2D eigenvalue weighted by molar-refractivity contribution is 4.80. The largest absolute Gasteiger partial charge is 0.395 e. The number of nitrogens with one attached hydrogen (secondary N) is 1. The number of hydrogen-bond donors (Lipinski definition) is 2. The highest BCUT2D eigenvalue weighted by Crippen LogP contribution is 2.06. The van der Waals surface area contributed by atoms with Crippen LogP contribution in [0.3, 0.4) is 0 Å². The molecule has 0 aliphatic carbocycles. The predicted octanol–water partition coefficient (Wildman–Crippen LogP) is -1.87. The average molecular weight is 213 g/mol. The quantitative estimate of drug-likeness (QED) is 0.577. The number of aliphatic hydroxyl groups excluding tert-OH is 1. The summed E-state index contributed by atoms with van der Waals surface area (Å²) in [7, 11) is 0. The van der Waals surface area contributed by atoms with Gasteiger partial charge in [0, 0.05) is 52.4 Å². The van der Waals surface area contributed by atoms with Crippen LogP contribution in [0, 0.1) is 0 Å². The molecule has 2 rings (SSSR count). The Hall–Kier alpha value is -0.200. The second-order valence-corrected chi connectivity index (χ2v) is 4.19. The second-order valence-electron chi connectivity index (χ2n) is 4.19. The topological polar surface area (TPSA) is 52.8 Å². The van der Waals surface area contributed by atoms with Crippen molar-refractivity contribution in [2.45, 2.75) is 6.17 Å². The molecule has 2 saturated heterocycles. The van der Waals surface area contributed by atoms with E-state index in [1.54, 1.807) is 0 Å². The molecule has 2 aliphatic heterocycles. The van der Waals surface area contributed by atoms with Crippen LogP contribution in [0.15, 0.2) is 0 Å². The zero-order valence-corrected chi connectivity index (χ0v) is 9.23. The fraction of sp³-hybridized carbons (Fsp3) is 1.00. The zero-order valence-electron chi connectivity index (χ0n) is 9.23. The Kier molecular flexibility index (Phi) is 4.34. The molecule has 0 aromatic rings. The van der Waals surface area contributed by atoms with E-state index in [0.29, 0.717) is 6.17 Å². The maximum atomic E-state index is 8.85. The summed E-state index contributed by atoms with van der Waals surface area (Å²) in [5.41, 5.74) is 0. The van der Waals surface area contributed by atoms with Gasteiger partial charge in [-0.15, -0.1) is 0 Å². The van der Waals surface area contributed by atoms with Gasteiger partial charge in [-0.1, -0.05) is 0 Å². The first-order valence-corrected chi connectivity index (χ1v) is 5.85. The Balaban J connectivity index is 1.72. The second kappa shape index (κ2) is 5.77. The lowest BCUT2D eigenvalue weighted by Gasteiger charge is -2.40. The van der Waals surface area contributed by atoms with E-state index < -0.39 is 0 Å². The summed E-state index contributed by atoms with van der Waals surface area (Å²) in [6, 6.07) is 0. The van der Waals surface area contributed by atoms with Gasteiger partial charge in [-0.2, -0.15) is 0 Å². The van der Waals surface area contributed by atoms with Gasteiger partial charge in [-0.05, 0) is 0 Å². The molecule has 1 radical (unpaired) electrons. The number of nitrogens with zero attached hydrogens (tertiary/aromatic N) is 3. The molecule has 2 heterocycles. The van der Waals surface area contributed by atoms with Crippen LogP contribution in [0.5, 0.6) is 0 Å². The Morgan fingerprint density at radius 1 is 1.27 bits per heavy atom. The van der Waals surface area contributed by atoms with Gasteiger partial charge in [0.2, 0.25) is 0 Å². The van der Waals surface area contributed by atoms with Crippen LogP contribution in [-0.2, 0) is 0 Å². The molecule has 0 amide bonds. The minimum absolute atomic E-state index is 0.273. The Morgan fingerprint density at radius 2 is 2.07 bits per heavy atom. The minimum Gasteiger partial charge on any atom is -0.395 e. The van der Waals surface area contributed by atoms with Crippen LogP contribution >= 0.6 is 0 Å². The third kappa shape index (κ3) is 3.12. The van der Waals surface area contributed by atoms with Crippen molar-refractivity contribution in [1.29, 1.82) is 0 Å². The third-order valence-corrected chi connectivity index (χ3v) is 3.20. The van der Waals surface area contributed by atoms with Crippen LogP contribution in [-0.4, -0.2) is 80.0 Å². The smallest absolute Gasteiger partial charge is 0.0888 e. The normalized spacial score (nSPS) is 30.6. The summed E-state index contributed by atoms with van der Waals surface area (Å²) >= 11 is 0. The molecule has 5 heteroatoms. The summed E-state index contributed by atoms with van der Waals surface area (Å²) in [5, 5.41) is 16.8. The van der Waals surface area contributed by atoms with Crippen LogP contribution in [0.2, 0.25) is 0 Å². The summed E-state index contributed by atoms with van der Waals surface area (Å²) in [5.74, 6) is 0. The Bertz CT molecular complexity index is 176. The fourth-order valence-corrected chi connectivity index (χ4v) is 2.26. The molecule has 15 heavy (non-hydrogen) atoms. The van der Waals surface area contributed by atoms with Crippen molar-refractivity contribution in [1.82, 2.24) is 20.4 Å². The van der Waals surface area contributed by atoms with E-state index in [4.69, 9.17) is 5.11 Å². The van der Waals surface area contributed by atoms with Crippen molar-refractivity contribution in [2.24, 2.45) is 0 Å². The van der Waals surface area contributed by atoms with Crippen molar-refractivity contribution in [3.05, 3.63) is 0 Å². The molecule has 87 valence electrons. The summed E-state index contributed by atoms with van der Waals surface area (Å²) in [6.07, 6.45) is 0.384. The molecule has 0 bridgehead atoms. The first kappa shape index (κ1) is 11.3. The summed E-state index contributed by atoms with van der Waals surface area (Å²) in [4.78, 5) is 4.76. The highest BCUT2D eigenvalue weighted by atomic mass is 16.3. The molecule has 1 atom stereocenters. The van der Waals surface area contributed by atoms with Crippen molar-refractivity contribution in [3.63, 3.8) is 0 Å². The van der Waals surface area contributed by atoms with Crippen molar-refractivity contribution in [2.75, 3.05) is 59.0 Å². The molecule has 0 spiro atoms.